The summed E-state index contributed by atoms with van der Waals surface area (Å²) in [5, 5.41) is 9.02. The van der Waals surface area contributed by atoms with Crippen molar-refractivity contribution < 1.29 is 23.1 Å². The third-order valence-electron chi connectivity index (χ3n) is 3.28. The number of carboxylic acid groups (broad SMARTS) is 1. The molecule has 0 aromatic heterocycles. The molecule has 1 aromatic carbocycles. The molecule has 1 rings (SSSR count). The molecule has 0 atom stereocenters. The SMILES string of the molecule is CCNS(=O)(=O)c1ccc(C)c(C(=O)N(CC(=O)O)CC(C)C)c1. The van der Waals surface area contributed by atoms with Gasteiger partial charge in [0.05, 0.1) is 4.90 Å². The van der Waals surface area contributed by atoms with Crippen LogP contribution in [0.4, 0.5) is 0 Å². The van der Waals surface area contributed by atoms with Crippen LogP contribution in [-0.4, -0.2) is 49.9 Å². The molecule has 0 aliphatic carbocycles. The lowest BCUT2D eigenvalue weighted by Crippen LogP contribution is -2.38. The van der Waals surface area contributed by atoms with Crippen molar-refractivity contribution in [1.82, 2.24) is 9.62 Å². The summed E-state index contributed by atoms with van der Waals surface area (Å²) >= 11 is 0. The second kappa shape index (κ2) is 8.25. The molecule has 0 heterocycles. The van der Waals surface area contributed by atoms with E-state index in [0.29, 0.717) is 5.56 Å². The second-order valence-electron chi connectivity index (χ2n) is 5.95. The minimum absolute atomic E-state index is 0.0156. The second-order valence-corrected chi connectivity index (χ2v) is 7.72. The molecule has 0 unspecified atom stereocenters. The van der Waals surface area contributed by atoms with Crippen LogP contribution >= 0.6 is 0 Å². The summed E-state index contributed by atoms with van der Waals surface area (Å²) in [5.41, 5.74) is 0.783. The van der Waals surface area contributed by atoms with E-state index in [9.17, 15) is 18.0 Å². The lowest BCUT2D eigenvalue weighted by Gasteiger charge is -2.23. The average Bonchev–Trinajstić information content (AvgIpc) is 2.45. The Labute approximate surface area is 142 Å². The Morgan fingerprint density at radius 3 is 2.42 bits per heavy atom. The summed E-state index contributed by atoms with van der Waals surface area (Å²) in [5.74, 6) is -1.52. The maximum Gasteiger partial charge on any atom is 0.323 e. The number of aliphatic carboxylic acids is 1. The van der Waals surface area contributed by atoms with Crippen LogP contribution in [0.1, 0.15) is 36.7 Å². The topological polar surface area (TPSA) is 104 Å². The van der Waals surface area contributed by atoms with Crippen molar-refractivity contribution in [3.05, 3.63) is 29.3 Å². The summed E-state index contributed by atoms with van der Waals surface area (Å²) in [6.07, 6.45) is 0. The van der Waals surface area contributed by atoms with Crippen molar-refractivity contribution in [1.29, 1.82) is 0 Å². The first kappa shape index (κ1) is 20.1. The van der Waals surface area contributed by atoms with Gasteiger partial charge in [0.25, 0.3) is 5.91 Å². The average molecular weight is 356 g/mol. The number of benzene rings is 1. The first-order valence-corrected chi connectivity index (χ1v) is 9.18. The quantitative estimate of drug-likeness (QED) is 0.734. The van der Waals surface area contributed by atoms with Gasteiger partial charge in [-0.15, -0.1) is 0 Å². The summed E-state index contributed by atoms with van der Waals surface area (Å²) < 4.78 is 26.6. The van der Waals surface area contributed by atoms with Crippen LogP contribution in [0.2, 0.25) is 0 Å². The van der Waals surface area contributed by atoms with Gasteiger partial charge in [-0.2, -0.15) is 0 Å². The lowest BCUT2D eigenvalue weighted by atomic mass is 10.1. The first-order chi connectivity index (χ1) is 11.1. The van der Waals surface area contributed by atoms with Crippen LogP contribution in [-0.2, 0) is 14.8 Å². The summed E-state index contributed by atoms with van der Waals surface area (Å²) in [6.45, 7) is 7.18. The Hall–Kier alpha value is -1.93. The van der Waals surface area contributed by atoms with Crippen molar-refractivity contribution in [3.63, 3.8) is 0 Å². The zero-order chi connectivity index (χ0) is 18.5. The molecule has 7 nitrogen and oxygen atoms in total. The molecule has 0 aliphatic heterocycles. The van der Waals surface area contributed by atoms with Gasteiger partial charge in [-0.3, -0.25) is 9.59 Å². The number of nitrogens with zero attached hydrogens (tertiary/aromatic N) is 1. The highest BCUT2D eigenvalue weighted by atomic mass is 32.2. The van der Waals surface area contributed by atoms with Crippen LogP contribution in [0, 0.1) is 12.8 Å². The van der Waals surface area contributed by atoms with Crippen molar-refractivity contribution in [3.8, 4) is 0 Å². The monoisotopic (exact) mass is 356 g/mol. The summed E-state index contributed by atoms with van der Waals surface area (Å²) in [7, 11) is -3.69. The molecule has 134 valence electrons. The fourth-order valence-electron chi connectivity index (χ4n) is 2.27. The number of rotatable bonds is 8. The number of carbonyl (C=O) groups is 2. The summed E-state index contributed by atoms with van der Waals surface area (Å²) in [6, 6.07) is 4.27. The molecule has 24 heavy (non-hydrogen) atoms. The molecule has 0 bridgehead atoms. The molecule has 1 aromatic rings. The zero-order valence-corrected chi connectivity index (χ0v) is 15.2. The van der Waals surface area contributed by atoms with E-state index in [-0.39, 0.29) is 29.5 Å². The van der Waals surface area contributed by atoms with Gasteiger partial charge in [0.2, 0.25) is 10.0 Å². The third kappa shape index (κ3) is 5.31. The number of hydrogen-bond acceptors (Lipinski definition) is 4. The number of carboxylic acids is 1. The molecule has 8 heteroatoms. The predicted octanol–water partition coefficient (Wildman–Crippen LogP) is 1.48. The summed E-state index contributed by atoms with van der Waals surface area (Å²) in [4.78, 5) is 25.0. The van der Waals surface area contributed by atoms with Crippen LogP contribution in [0.5, 0.6) is 0 Å². The number of hydrogen-bond donors (Lipinski definition) is 2. The van der Waals surface area contributed by atoms with E-state index in [4.69, 9.17) is 5.11 Å². The van der Waals surface area contributed by atoms with E-state index in [2.05, 4.69) is 4.72 Å². The molecule has 0 saturated heterocycles. The Morgan fingerprint density at radius 1 is 1.29 bits per heavy atom. The molecule has 0 aliphatic rings. The van der Waals surface area contributed by atoms with Crippen molar-refractivity contribution in [2.45, 2.75) is 32.6 Å². The molecule has 0 fully saturated rings. The number of amides is 1. The number of aryl methyl sites for hydroxylation is 1. The van der Waals surface area contributed by atoms with E-state index in [1.165, 1.54) is 17.0 Å². The Balaban J connectivity index is 3.27. The first-order valence-electron chi connectivity index (χ1n) is 7.69. The predicted molar refractivity (Wildman–Crippen MR) is 90.4 cm³/mol. The highest BCUT2D eigenvalue weighted by Gasteiger charge is 2.23. The van der Waals surface area contributed by atoms with Gasteiger partial charge in [0.1, 0.15) is 6.54 Å². The standard InChI is InChI=1S/C16H24N2O5S/c1-5-17-24(22,23)13-7-6-12(4)14(8-13)16(21)18(9-11(2)3)10-15(19)20/h6-8,11,17H,5,9-10H2,1-4H3,(H,19,20). The van der Waals surface area contributed by atoms with E-state index in [1.54, 1.807) is 19.9 Å². The molecular formula is C16H24N2O5S. The van der Waals surface area contributed by atoms with Gasteiger partial charge in [0, 0.05) is 18.7 Å². The fraction of sp³-hybridized carbons (Fsp3) is 0.500. The normalized spacial score (nSPS) is 11.5. The van der Waals surface area contributed by atoms with E-state index >= 15 is 0 Å². The number of sulfonamides is 1. The van der Waals surface area contributed by atoms with Gasteiger partial charge in [-0.1, -0.05) is 26.8 Å². The highest BCUT2D eigenvalue weighted by Crippen LogP contribution is 2.18. The van der Waals surface area contributed by atoms with E-state index in [1.807, 2.05) is 13.8 Å². The van der Waals surface area contributed by atoms with E-state index in [0.717, 1.165) is 0 Å². The van der Waals surface area contributed by atoms with Crippen LogP contribution in [0.15, 0.2) is 23.1 Å². The van der Waals surface area contributed by atoms with Crippen molar-refractivity contribution in [2.24, 2.45) is 5.92 Å². The smallest absolute Gasteiger partial charge is 0.323 e. The molecule has 1 amide bonds. The van der Waals surface area contributed by atoms with Gasteiger partial charge in [-0.25, -0.2) is 13.1 Å². The number of nitrogens with one attached hydrogen (secondary N) is 1. The minimum Gasteiger partial charge on any atom is -0.480 e. The molecule has 0 radical (unpaired) electrons. The maximum atomic E-state index is 12.7. The molecule has 0 spiro atoms. The van der Waals surface area contributed by atoms with Crippen LogP contribution in [0.3, 0.4) is 0 Å². The van der Waals surface area contributed by atoms with Crippen LogP contribution < -0.4 is 4.72 Å². The Bertz CT molecular complexity index is 713. The zero-order valence-electron chi connectivity index (χ0n) is 14.4. The van der Waals surface area contributed by atoms with Crippen molar-refractivity contribution in [2.75, 3.05) is 19.6 Å². The largest absolute Gasteiger partial charge is 0.480 e. The van der Waals surface area contributed by atoms with Gasteiger partial charge < -0.3 is 10.0 Å². The highest BCUT2D eigenvalue weighted by molar-refractivity contribution is 7.89. The van der Waals surface area contributed by atoms with Gasteiger partial charge >= 0.3 is 5.97 Å². The van der Waals surface area contributed by atoms with Crippen LogP contribution in [0.25, 0.3) is 0 Å². The van der Waals surface area contributed by atoms with Gasteiger partial charge in [-0.05, 0) is 30.5 Å². The Morgan fingerprint density at radius 2 is 1.92 bits per heavy atom. The fourth-order valence-corrected chi connectivity index (χ4v) is 3.33. The molecular weight excluding hydrogens is 332 g/mol. The lowest BCUT2D eigenvalue weighted by molar-refractivity contribution is -0.137. The number of carbonyl (C=O) groups excluding carboxylic acids is 1. The van der Waals surface area contributed by atoms with Gasteiger partial charge in [0.15, 0.2) is 0 Å². The van der Waals surface area contributed by atoms with E-state index < -0.39 is 28.4 Å². The Kier molecular flexibility index (Phi) is 6.92. The third-order valence-corrected chi connectivity index (χ3v) is 4.83. The minimum atomic E-state index is -3.69. The van der Waals surface area contributed by atoms with Crippen molar-refractivity contribution >= 4 is 21.9 Å². The molecule has 2 N–H and O–H groups in total. The molecule has 0 saturated carbocycles. The maximum absolute atomic E-state index is 12.7.